The first-order chi connectivity index (χ1) is 10.9. The van der Waals surface area contributed by atoms with Crippen LogP contribution in [0.25, 0.3) is 0 Å². The van der Waals surface area contributed by atoms with Crippen LogP contribution in [0.1, 0.15) is 35.1 Å². The lowest BCUT2D eigenvalue weighted by Crippen LogP contribution is -2.52. The summed E-state index contributed by atoms with van der Waals surface area (Å²) in [5.74, 6) is -1.38. The molecule has 2 aliphatic heterocycles. The van der Waals surface area contributed by atoms with Gasteiger partial charge in [0.05, 0.1) is 0 Å². The van der Waals surface area contributed by atoms with Crippen LogP contribution in [0.4, 0.5) is 0 Å². The Labute approximate surface area is 138 Å². The molecule has 1 saturated heterocycles. The van der Waals surface area contributed by atoms with Crippen molar-refractivity contribution in [1.82, 2.24) is 10.2 Å². The molecule has 0 saturated carbocycles. The first-order valence-corrected chi connectivity index (χ1v) is 8.53. The van der Waals surface area contributed by atoms with E-state index in [0.29, 0.717) is 11.3 Å². The van der Waals surface area contributed by atoms with Gasteiger partial charge in [-0.1, -0.05) is 32.0 Å². The Kier molecular flexibility index (Phi) is 4.06. The smallest absolute Gasteiger partial charge is 0.326 e. The van der Waals surface area contributed by atoms with Crippen LogP contribution < -0.4 is 5.32 Å². The van der Waals surface area contributed by atoms with E-state index in [9.17, 15) is 19.5 Å². The van der Waals surface area contributed by atoms with Crippen molar-refractivity contribution >= 4 is 29.5 Å². The zero-order valence-corrected chi connectivity index (χ0v) is 13.7. The van der Waals surface area contributed by atoms with Gasteiger partial charge < -0.3 is 15.3 Å². The van der Waals surface area contributed by atoms with Crippen LogP contribution in [0.2, 0.25) is 0 Å². The van der Waals surface area contributed by atoms with Gasteiger partial charge in [0.2, 0.25) is 5.91 Å². The van der Waals surface area contributed by atoms with Crippen LogP contribution in [0.3, 0.4) is 0 Å². The molecule has 2 heterocycles. The van der Waals surface area contributed by atoms with Gasteiger partial charge in [-0.25, -0.2) is 4.79 Å². The molecule has 1 fully saturated rings. The maximum Gasteiger partial charge on any atom is 0.326 e. The van der Waals surface area contributed by atoms with Gasteiger partial charge in [0, 0.05) is 11.3 Å². The predicted molar refractivity (Wildman–Crippen MR) is 86.0 cm³/mol. The lowest BCUT2D eigenvalue weighted by Gasteiger charge is -2.25. The number of carboxylic acids is 1. The number of nitrogens with zero attached hydrogens (tertiary/aromatic N) is 1. The standard InChI is InChI=1S/C16H18N2O4S/c1-8(2)12(16(21)22)17-13(19)11-7-23-15-10-6-4-3-5-9(10)14(20)18(11)15/h3-6,8,11-12,15H,7H2,1-2H3,(H,17,19)(H,21,22)/t11-,12+,15?/m0/s1. The first-order valence-electron chi connectivity index (χ1n) is 7.48. The average Bonchev–Trinajstić information content (AvgIpc) is 3.05. The molecule has 1 aromatic carbocycles. The van der Waals surface area contributed by atoms with Crippen molar-refractivity contribution in [2.45, 2.75) is 31.3 Å². The Morgan fingerprint density at radius 2 is 2.04 bits per heavy atom. The summed E-state index contributed by atoms with van der Waals surface area (Å²) in [4.78, 5) is 37.9. The van der Waals surface area contributed by atoms with Gasteiger partial charge in [-0.15, -0.1) is 11.8 Å². The van der Waals surface area contributed by atoms with Crippen molar-refractivity contribution in [3.63, 3.8) is 0 Å². The summed E-state index contributed by atoms with van der Waals surface area (Å²) >= 11 is 1.54. The van der Waals surface area contributed by atoms with Crippen LogP contribution in [-0.2, 0) is 9.59 Å². The normalized spacial score (nSPS) is 23.6. The number of carbonyl (C=O) groups excluding carboxylic acids is 2. The van der Waals surface area contributed by atoms with Crippen LogP contribution in [-0.4, -0.2) is 45.6 Å². The van der Waals surface area contributed by atoms with Crippen molar-refractivity contribution in [3.05, 3.63) is 35.4 Å². The van der Waals surface area contributed by atoms with Crippen molar-refractivity contribution in [1.29, 1.82) is 0 Å². The third-order valence-corrected chi connectivity index (χ3v) is 5.53. The molecular weight excluding hydrogens is 316 g/mol. The number of hydrogen-bond acceptors (Lipinski definition) is 4. The zero-order chi connectivity index (χ0) is 16.7. The zero-order valence-electron chi connectivity index (χ0n) is 12.9. The summed E-state index contributed by atoms with van der Waals surface area (Å²) < 4.78 is 0. The Balaban J connectivity index is 1.80. The molecule has 3 rings (SSSR count). The van der Waals surface area contributed by atoms with Crippen LogP contribution in [0, 0.1) is 5.92 Å². The molecule has 2 N–H and O–H groups in total. The second-order valence-electron chi connectivity index (χ2n) is 6.07. The number of benzene rings is 1. The van der Waals surface area contributed by atoms with Gasteiger partial charge in [0.25, 0.3) is 5.91 Å². The summed E-state index contributed by atoms with van der Waals surface area (Å²) in [5.41, 5.74) is 1.55. The Bertz CT molecular complexity index is 676. The van der Waals surface area contributed by atoms with Gasteiger partial charge in [-0.3, -0.25) is 9.59 Å². The molecule has 0 spiro atoms. The number of rotatable bonds is 4. The predicted octanol–water partition coefficient (Wildman–Crippen LogP) is 1.48. The fourth-order valence-electron chi connectivity index (χ4n) is 3.01. The van der Waals surface area contributed by atoms with Gasteiger partial charge in [-0.05, 0) is 17.5 Å². The quantitative estimate of drug-likeness (QED) is 0.871. The second kappa shape index (κ2) is 5.88. The first kappa shape index (κ1) is 15.9. The molecule has 3 atom stereocenters. The SMILES string of the molecule is CC(C)[C@@H](NC(=O)[C@@H]1CSC2c3ccccc3C(=O)N21)C(=O)O. The van der Waals surface area contributed by atoms with E-state index in [1.807, 2.05) is 12.1 Å². The summed E-state index contributed by atoms with van der Waals surface area (Å²) in [5, 5.41) is 11.6. The molecule has 6 nitrogen and oxygen atoms in total. The molecule has 0 bridgehead atoms. The van der Waals surface area contributed by atoms with Crippen molar-refractivity contribution in [2.75, 3.05) is 5.75 Å². The van der Waals surface area contributed by atoms with E-state index in [1.54, 1.807) is 30.9 Å². The Morgan fingerprint density at radius 1 is 1.35 bits per heavy atom. The van der Waals surface area contributed by atoms with Gasteiger partial charge in [0.15, 0.2) is 0 Å². The van der Waals surface area contributed by atoms with E-state index in [2.05, 4.69) is 5.32 Å². The number of nitrogens with one attached hydrogen (secondary N) is 1. The molecule has 122 valence electrons. The third-order valence-electron chi connectivity index (χ3n) is 4.23. The highest BCUT2D eigenvalue weighted by atomic mass is 32.2. The summed E-state index contributed by atoms with van der Waals surface area (Å²) in [6, 6.07) is 5.76. The number of aliphatic carboxylic acids is 1. The van der Waals surface area contributed by atoms with Gasteiger partial charge in [0.1, 0.15) is 17.5 Å². The number of carboxylic acid groups (broad SMARTS) is 1. The molecule has 2 aliphatic rings. The van der Waals surface area contributed by atoms with Crippen LogP contribution in [0.15, 0.2) is 24.3 Å². The number of thioether (sulfide) groups is 1. The summed E-state index contributed by atoms with van der Waals surface area (Å²) in [6.45, 7) is 3.48. The minimum Gasteiger partial charge on any atom is -0.480 e. The molecule has 1 unspecified atom stereocenters. The van der Waals surface area contributed by atoms with Gasteiger partial charge >= 0.3 is 5.97 Å². The Hall–Kier alpha value is -2.02. The summed E-state index contributed by atoms with van der Waals surface area (Å²) in [6.07, 6.45) is 0. The number of amides is 2. The molecule has 0 aliphatic carbocycles. The summed E-state index contributed by atoms with van der Waals surface area (Å²) in [7, 11) is 0. The molecule has 0 radical (unpaired) electrons. The van der Waals surface area contributed by atoms with E-state index in [1.165, 1.54) is 11.8 Å². The van der Waals surface area contributed by atoms with E-state index in [4.69, 9.17) is 0 Å². The molecular formula is C16H18N2O4S. The molecule has 1 aromatic rings. The van der Waals surface area contributed by atoms with Crippen molar-refractivity contribution < 1.29 is 19.5 Å². The van der Waals surface area contributed by atoms with Crippen molar-refractivity contribution in [3.8, 4) is 0 Å². The number of hydrogen-bond donors (Lipinski definition) is 2. The van der Waals surface area contributed by atoms with E-state index < -0.39 is 24.0 Å². The van der Waals surface area contributed by atoms with Crippen molar-refractivity contribution in [2.24, 2.45) is 5.92 Å². The largest absolute Gasteiger partial charge is 0.480 e. The fourth-order valence-corrected chi connectivity index (χ4v) is 4.47. The Morgan fingerprint density at radius 3 is 2.70 bits per heavy atom. The van der Waals surface area contributed by atoms with E-state index in [-0.39, 0.29) is 17.2 Å². The highest BCUT2D eigenvalue weighted by molar-refractivity contribution is 7.99. The molecule has 0 aromatic heterocycles. The maximum atomic E-state index is 12.6. The topological polar surface area (TPSA) is 86.7 Å². The minimum absolute atomic E-state index is 0.156. The second-order valence-corrected chi connectivity index (χ2v) is 7.18. The fraction of sp³-hybridized carbons (Fsp3) is 0.438. The number of carbonyl (C=O) groups is 3. The minimum atomic E-state index is -1.06. The third kappa shape index (κ3) is 2.59. The van der Waals surface area contributed by atoms with Crippen LogP contribution in [0.5, 0.6) is 0 Å². The van der Waals surface area contributed by atoms with E-state index in [0.717, 1.165) is 5.56 Å². The molecule has 2 amide bonds. The lowest BCUT2D eigenvalue weighted by atomic mass is 10.0. The maximum absolute atomic E-state index is 12.6. The highest BCUT2D eigenvalue weighted by Gasteiger charge is 2.48. The highest BCUT2D eigenvalue weighted by Crippen LogP contribution is 2.48. The van der Waals surface area contributed by atoms with Crippen LogP contribution >= 0.6 is 11.8 Å². The van der Waals surface area contributed by atoms with Gasteiger partial charge in [-0.2, -0.15) is 0 Å². The average molecular weight is 334 g/mol. The molecule has 23 heavy (non-hydrogen) atoms. The number of fused-ring (bicyclic) bond motifs is 3. The monoisotopic (exact) mass is 334 g/mol. The van der Waals surface area contributed by atoms with E-state index >= 15 is 0 Å². The molecule has 7 heteroatoms. The lowest BCUT2D eigenvalue weighted by molar-refractivity contribution is -0.143.